The van der Waals surface area contributed by atoms with Gasteiger partial charge in [0.25, 0.3) is 5.71 Å². The molecule has 0 heterocycles. The Hall–Kier alpha value is -0.620. The lowest BCUT2D eigenvalue weighted by molar-refractivity contribution is -0.00208. The number of rotatable bonds is 0. The monoisotopic (exact) mass is 82.1 g/mol. The van der Waals surface area contributed by atoms with Gasteiger partial charge in [-0.1, -0.05) is 6.92 Å². The van der Waals surface area contributed by atoms with E-state index >= 15 is 0 Å². The summed E-state index contributed by atoms with van der Waals surface area (Å²) in [6.07, 6.45) is 0.997. The highest BCUT2D eigenvalue weighted by Gasteiger charge is 2.36. The molecule has 0 amide bonds. The van der Waals surface area contributed by atoms with E-state index in [2.05, 4.69) is 4.79 Å². The second-order valence-electron chi connectivity index (χ2n) is 1.70. The molecule has 2 nitrogen and oxygen atoms in total. The summed E-state index contributed by atoms with van der Waals surface area (Å²) >= 11 is 0. The summed E-state index contributed by atoms with van der Waals surface area (Å²) in [4.78, 5) is 3.00. The average Bonchev–Trinajstić information content (AvgIpc) is 2.19. The van der Waals surface area contributed by atoms with Crippen molar-refractivity contribution < 1.29 is 4.79 Å². The van der Waals surface area contributed by atoms with Crippen molar-refractivity contribution in [2.45, 2.75) is 13.3 Å². The van der Waals surface area contributed by atoms with E-state index in [9.17, 15) is 0 Å². The molecule has 0 bridgehead atoms. The van der Waals surface area contributed by atoms with E-state index in [1.165, 1.54) is 0 Å². The standard InChI is InChI=1S/C4H6N2/c1-3-2-4(3)6-5/h3H,2H2,1H3. The Balaban J connectivity index is 2.67. The van der Waals surface area contributed by atoms with Gasteiger partial charge in [0.15, 0.2) is 0 Å². The van der Waals surface area contributed by atoms with Crippen LogP contribution in [0.25, 0.3) is 5.53 Å². The Morgan fingerprint density at radius 3 is 2.50 bits per heavy atom. The van der Waals surface area contributed by atoms with Gasteiger partial charge in [-0.3, -0.25) is 0 Å². The van der Waals surface area contributed by atoms with E-state index in [0.717, 1.165) is 12.1 Å². The molecule has 0 aromatic heterocycles. The van der Waals surface area contributed by atoms with E-state index in [-0.39, 0.29) is 0 Å². The third kappa shape index (κ3) is 0.352. The Labute approximate surface area is 36.4 Å². The third-order valence-corrected chi connectivity index (χ3v) is 1.05. The van der Waals surface area contributed by atoms with Gasteiger partial charge in [0.1, 0.15) is 0 Å². The number of hydrogen-bond acceptors (Lipinski definition) is 0. The van der Waals surface area contributed by atoms with E-state index < -0.39 is 0 Å². The summed E-state index contributed by atoms with van der Waals surface area (Å²) in [5.74, 6) is 0.565. The fraction of sp³-hybridized carbons (Fsp3) is 0.750. The highest BCUT2D eigenvalue weighted by Crippen LogP contribution is 2.21. The fourth-order valence-corrected chi connectivity index (χ4v) is 0.394. The van der Waals surface area contributed by atoms with Crippen LogP contribution in [-0.2, 0) is 0 Å². The van der Waals surface area contributed by atoms with Crippen molar-refractivity contribution >= 4 is 5.71 Å². The summed E-state index contributed by atoms with van der Waals surface area (Å²) in [7, 11) is 0. The van der Waals surface area contributed by atoms with E-state index in [4.69, 9.17) is 5.53 Å². The minimum atomic E-state index is 0.565. The van der Waals surface area contributed by atoms with Crippen LogP contribution >= 0.6 is 0 Å². The van der Waals surface area contributed by atoms with Gasteiger partial charge >= 0.3 is 0 Å². The highest BCUT2D eigenvalue weighted by molar-refractivity contribution is 5.95. The van der Waals surface area contributed by atoms with Crippen LogP contribution in [0.5, 0.6) is 0 Å². The molecule has 6 heavy (non-hydrogen) atoms. The molecule has 1 fully saturated rings. The van der Waals surface area contributed by atoms with Gasteiger partial charge in [0, 0.05) is 0 Å². The maximum absolute atomic E-state index is 7.96. The first-order chi connectivity index (χ1) is 2.84. The molecule has 0 saturated heterocycles. The van der Waals surface area contributed by atoms with Crippen molar-refractivity contribution in [2.75, 3.05) is 0 Å². The zero-order valence-corrected chi connectivity index (χ0v) is 3.68. The molecule has 0 spiro atoms. The van der Waals surface area contributed by atoms with Crippen LogP contribution in [0.3, 0.4) is 0 Å². The van der Waals surface area contributed by atoms with Gasteiger partial charge in [-0.2, -0.15) is 4.79 Å². The highest BCUT2D eigenvalue weighted by atomic mass is 14.9. The van der Waals surface area contributed by atoms with E-state index in [1.807, 2.05) is 6.92 Å². The number of nitrogens with zero attached hydrogens (tertiary/aromatic N) is 2. The molecule has 0 aromatic rings. The minimum absolute atomic E-state index is 0.565. The summed E-state index contributed by atoms with van der Waals surface area (Å²) in [5, 5.41) is 0. The molecule has 1 rings (SSSR count). The van der Waals surface area contributed by atoms with E-state index in [1.54, 1.807) is 0 Å². The quantitative estimate of drug-likeness (QED) is 0.304. The van der Waals surface area contributed by atoms with Crippen molar-refractivity contribution in [3.05, 3.63) is 5.53 Å². The molecule has 0 radical (unpaired) electrons. The molecular formula is C4H6N2. The van der Waals surface area contributed by atoms with Crippen LogP contribution in [0.1, 0.15) is 13.3 Å². The van der Waals surface area contributed by atoms with Gasteiger partial charge in [-0.05, 0) is 0 Å². The van der Waals surface area contributed by atoms with Crippen LogP contribution in [-0.4, -0.2) is 10.5 Å². The Morgan fingerprint density at radius 1 is 2.00 bits per heavy atom. The molecule has 0 aromatic carbocycles. The normalized spacial score (nSPS) is 29.5. The zero-order valence-electron chi connectivity index (χ0n) is 3.68. The molecule has 1 saturated carbocycles. The first kappa shape index (κ1) is 3.57. The van der Waals surface area contributed by atoms with Gasteiger partial charge in [0.2, 0.25) is 0 Å². The van der Waals surface area contributed by atoms with Gasteiger partial charge in [-0.15, -0.1) is 0 Å². The molecule has 1 unspecified atom stereocenters. The zero-order chi connectivity index (χ0) is 4.57. The first-order valence-electron chi connectivity index (χ1n) is 2.05. The molecular weight excluding hydrogens is 76.1 g/mol. The predicted octanol–water partition coefficient (Wildman–Crippen LogP) is 0.697. The Bertz CT molecular complexity index is 111. The summed E-state index contributed by atoms with van der Waals surface area (Å²) < 4.78 is 0. The fourth-order valence-electron chi connectivity index (χ4n) is 0.394. The van der Waals surface area contributed by atoms with Crippen LogP contribution < -0.4 is 0 Å². The largest absolute Gasteiger partial charge is 0.362 e. The van der Waals surface area contributed by atoms with Crippen LogP contribution in [0.2, 0.25) is 0 Å². The van der Waals surface area contributed by atoms with Crippen molar-refractivity contribution in [3.63, 3.8) is 0 Å². The maximum atomic E-state index is 7.96. The van der Waals surface area contributed by atoms with Gasteiger partial charge in [0.05, 0.1) is 12.3 Å². The molecule has 0 N–H and O–H groups in total. The number of hydrogen-bond donors (Lipinski definition) is 0. The van der Waals surface area contributed by atoms with E-state index in [0.29, 0.717) is 5.92 Å². The third-order valence-electron chi connectivity index (χ3n) is 1.05. The second kappa shape index (κ2) is 0.919. The second-order valence-corrected chi connectivity index (χ2v) is 1.70. The van der Waals surface area contributed by atoms with Crippen molar-refractivity contribution in [2.24, 2.45) is 5.92 Å². The first-order valence-corrected chi connectivity index (χ1v) is 2.05. The van der Waals surface area contributed by atoms with Crippen molar-refractivity contribution in [3.8, 4) is 0 Å². The van der Waals surface area contributed by atoms with Crippen LogP contribution in [0, 0.1) is 5.92 Å². The van der Waals surface area contributed by atoms with Gasteiger partial charge < -0.3 is 5.53 Å². The van der Waals surface area contributed by atoms with Crippen LogP contribution in [0.4, 0.5) is 0 Å². The SMILES string of the molecule is CC1CC1=[N+]=[N-]. The molecule has 2 heteroatoms. The molecule has 0 aliphatic heterocycles. The van der Waals surface area contributed by atoms with Gasteiger partial charge in [-0.25, -0.2) is 0 Å². The summed E-state index contributed by atoms with van der Waals surface area (Å²) in [6.45, 7) is 2.04. The predicted molar refractivity (Wildman–Crippen MR) is 22.4 cm³/mol. The molecule has 1 aliphatic carbocycles. The van der Waals surface area contributed by atoms with Crippen LogP contribution in [0.15, 0.2) is 0 Å². The molecule has 1 aliphatic rings. The average molecular weight is 82.1 g/mol. The topological polar surface area (TPSA) is 36.4 Å². The summed E-state index contributed by atoms with van der Waals surface area (Å²) in [5.41, 5.74) is 8.90. The lowest BCUT2D eigenvalue weighted by atomic mass is 10.5. The Kier molecular flexibility index (Phi) is 0.546. The smallest absolute Gasteiger partial charge is 0.273 e. The van der Waals surface area contributed by atoms with Crippen molar-refractivity contribution in [1.82, 2.24) is 0 Å². The lowest BCUT2D eigenvalue weighted by Gasteiger charge is -1.50. The molecule has 32 valence electrons. The molecule has 1 atom stereocenters. The summed E-state index contributed by atoms with van der Waals surface area (Å²) in [6, 6.07) is 0. The minimum Gasteiger partial charge on any atom is -0.362 e. The van der Waals surface area contributed by atoms with Crippen molar-refractivity contribution in [1.29, 1.82) is 0 Å². The Morgan fingerprint density at radius 2 is 2.50 bits per heavy atom. The lowest BCUT2D eigenvalue weighted by Crippen LogP contribution is -1.66. The maximum Gasteiger partial charge on any atom is 0.273 e.